The van der Waals surface area contributed by atoms with Gasteiger partial charge in [-0.2, -0.15) is 13.2 Å². The monoisotopic (exact) mass is 383 g/mol. The Labute approximate surface area is 153 Å². The Morgan fingerprint density at radius 1 is 1.19 bits per heavy atom. The van der Waals surface area contributed by atoms with Gasteiger partial charge >= 0.3 is 11.9 Å². The number of hydrogen-bond donors (Lipinski definition) is 0. The van der Waals surface area contributed by atoms with Gasteiger partial charge in [0.1, 0.15) is 0 Å². The minimum Gasteiger partial charge on any atom is -0.299 e. The second-order valence-electron chi connectivity index (χ2n) is 6.76. The van der Waals surface area contributed by atoms with E-state index >= 15 is 0 Å². The molecule has 27 heavy (non-hydrogen) atoms. The summed E-state index contributed by atoms with van der Waals surface area (Å²) >= 11 is 0. The lowest BCUT2D eigenvalue weighted by Gasteiger charge is -2.32. The lowest BCUT2D eigenvalue weighted by molar-refractivity contribution is -0.141. The molecule has 1 saturated heterocycles. The minimum absolute atomic E-state index is 0.193. The molecule has 3 rings (SSSR count). The van der Waals surface area contributed by atoms with Crippen molar-refractivity contribution in [1.29, 1.82) is 0 Å². The van der Waals surface area contributed by atoms with Gasteiger partial charge in [-0.25, -0.2) is 14.8 Å². The van der Waals surface area contributed by atoms with Crippen LogP contribution in [0.2, 0.25) is 0 Å². The van der Waals surface area contributed by atoms with E-state index in [1.807, 2.05) is 0 Å². The Bertz CT molecular complexity index is 914. The van der Waals surface area contributed by atoms with Gasteiger partial charge in [0.2, 0.25) is 0 Å². The average Bonchev–Trinajstić information content (AvgIpc) is 2.61. The largest absolute Gasteiger partial charge is 0.433 e. The molecule has 0 bridgehead atoms. The fraction of sp³-hybridized carbons (Fsp3) is 0.529. The first kappa shape index (κ1) is 19.3. The van der Waals surface area contributed by atoms with Crippen LogP contribution in [0.5, 0.6) is 0 Å². The molecule has 1 aliphatic rings. The number of likely N-dealkylation sites (tertiary alicyclic amines) is 1. The van der Waals surface area contributed by atoms with Gasteiger partial charge in [0.05, 0.1) is 6.33 Å². The lowest BCUT2D eigenvalue weighted by Crippen LogP contribution is -2.37. The van der Waals surface area contributed by atoms with Crippen LogP contribution in [0.3, 0.4) is 0 Å². The third kappa shape index (κ3) is 4.62. The Kier molecular flexibility index (Phi) is 5.45. The van der Waals surface area contributed by atoms with Gasteiger partial charge < -0.3 is 0 Å². The second kappa shape index (κ2) is 7.63. The summed E-state index contributed by atoms with van der Waals surface area (Å²) in [4.78, 5) is 32.8. The van der Waals surface area contributed by atoms with Crippen LogP contribution in [0.1, 0.15) is 24.2 Å². The van der Waals surface area contributed by atoms with Crippen LogP contribution in [0.4, 0.5) is 13.2 Å². The maximum atomic E-state index is 12.6. The summed E-state index contributed by atoms with van der Waals surface area (Å²) in [6.07, 6.45) is -0.519. The summed E-state index contributed by atoms with van der Waals surface area (Å²) in [5, 5.41) is 0. The van der Waals surface area contributed by atoms with Crippen molar-refractivity contribution in [3.8, 4) is 0 Å². The molecular formula is C17H20F3N5O2. The normalized spacial score (nSPS) is 16.6. The van der Waals surface area contributed by atoms with Gasteiger partial charge in [-0.05, 0) is 37.9 Å². The molecule has 0 unspecified atom stereocenters. The van der Waals surface area contributed by atoms with Crippen LogP contribution in [-0.4, -0.2) is 37.1 Å². The Morgan fingerprint density at radius 3 is 2.52 bits per heavy atom. The molecule has 0 spiro atoms. The van der Waals surface area contributed by atoms with Crippen molar-refractivity contribution in [1.82, 2.24) is 24.0 Å². The zero-order valence-electron chi connectivity index (χ0n) is 14.8. The van der Waals surface area contributed by atoms with Crippen LogP contribution in [0.25, 0.3) is 0 Å². The highest BCUT2D eigenvalue weighted by Gasteiger charge is 2.33. The summed E-state index contributed by atoms with van der Waals surface area (Å²) in [6.45, 7) is 2.54. The molecule has 2 aromatic heterocycles. The number of rotatable bonds is 4. The van der Waals surface area contributed by atoms with Gasteiger partial charge in [0.25, 0.3) is 5.56 Å². The van der Waals surface area contributed by atoms with Crippen LogP contribution in [0, 0.1) is 5.92 Å². The van der Waals surface area contributed by atoms with Crippen LogP contribution < -0.4 is 11.2 Å². The molecule has 7 nitrogen and oxygen atoms in total. The molecule has 1 aliphatic heterocycles. The standard InChI is InChI=1S/C17H20F3N5O2/c1-23-13(2-5-21-16(23)27)10-24-6-3-12(4-7-24)9-25-11-22-14(8-15(25)26)17(18,19)20/h2,5,8,11-12H,3-4,6-7,9-10H2,1H3. The summed E-state index contributed by atoms with van der Waals surface area (Å²) in [6, 6.07) is 2.35. The highest BCUT2D eigenvalue weighted by molar-refractivity contribution is 5.04. The molecule has 0 saturated carbocycles. The number of hydrogen-bond acceptors (Lipinski definition) is 5. The van der Waals surface area contributed by atoms with E-state index in [2.05, 4.69) is 14.9 Å². The molecule has 0 N–H and O–H groups in total. The number of halogens is 3. The minimum atomic E-state index is -4.61. The highest BCUT2D eigenvalue weighted by atomic mass is 19.4. The third-order valence-electron chi connectivity index (χ3n) is 4.89. The van der Waals surface area contributed by atoms with Gasteiger partial charge in [-0.15, -0.1) is 0 Å². The van der Waals surface area contributed by atoms with Crippen LogP contribution in [-0.2, 0) is 26.3 Å². The molecule has 0 aromatic carbocycles. The van der Waals surface area contributed by atoms with Crippen molar-refractivity contribution in [2.24, 2.45) is 13.0 Å². The van der Waals surface area contributed by atoms with Crippen molar-refractivity contribution < 1.29 is 13.2 Å². The van der Waals surface area contributed by atoms with E-state index in [-0.39, 0.29) is 11.6 Å². The van der Waals surface area contributed by atoms with Crippen molar-refractivity contribution in [2.45, 2.75) is 32.1 Å². The molecule has 3 heterocycles. The fourth-order valence-electron chi connectivity index (χ4n) is 3.22. The first-order valence-electron chi connectivity index (χ1n) is 8.61. The molecule has 0 amide bonds. The quantitative estimate of drug-likeness (QED) is 0.795. The molecule has 2 aromatic rings. The van der Waals surface area contributed by atoms with E-state index in [4.69, 9.17) is 0 Å². The zero-order chi connectivity index (χ0) is 19.6. The van der Waals surface area contributed by atoms with Crippen molar-refractivity contribution in [2.75, 3.05) is 13.1 Å². The van der Waals surface area contributed by atoms with E-state index in [0.29, 0.717) is 19.2 Å². The van der Waals surface area contributed by atoms with Crippen LogP contribution >= 0.6 is 0 Å². The average molecular weight is 383 g/mol. The Morgan fingerprint density at radius 2 is 1.89 bits per heavy atom. The SMILES string of the molecule is Cn1c(CN2CCC(Cn3cnc(C(F)(F)F)cc3=O)CC2)ccnc1=O. The molecule has 0 radical (unpaired) electrons. The molecular weight excluding hydrogens is 363 g/mol. The van der Waals surface area contributed by atoms with Gasteiger partial charge in [-0.1, -0.05) is 0 Å². The van der Waals surface area contributed by atoms with E-state index in [1.54, 1.807) is 13.1 Å². The second-order valence-corrected chi connectivity index (χ2v) is 6.76. The summed E-state index contributed by atoms with van der Waals surface area (Å²) < 4.78 is 40.5. The lowest BCUT2D eigenvalue weighted by atomic mass is 9.96. The zero-order valence-corrected chi connectivity index (χ0v) is 14.8. The summed E-state index contributed by atoms with van der Waals surface area (Å²) in [5.41, 5.74) is -1.28. The predicted molar refractivity (Wildman–Crippen MR) is 91.0 cm³/mol. The predicted octanol–water partition coefficient (Wildman–Crippen LogP) is 1.27. The van der Waals surface area contributed by atoms with Gasteiger partial charge in [0, 0.05) is 38.1 Å². The first-order valence-corrected chi connectivity index (χ1v) is 8.61. The molecule has 1 fully saturated rings. The van der Waals surface area contributed by atoms with Crippen LogP contribution in [0.15, 0.2) is 34.2 Å². The molecule has 146 valence electrons. The first-order chi connectivity index (χ1) is 12.7. The van der Waals surface area contributed by atoms with E-state index in [0.717, 1.165) is 38.0 Å². The van der Waals surface area contributed by atoms with E-state index in [1.165, 1.54) is 15.3 Å². The maximum Gasteiger partial charge on any atom is 0.433 e. The van der Waals surface area contributed by atoms with E-state index in [9.17, 15) is 22.8 Å². The smallest absolute Gasteiger partial charge is 0.299 e. The van der Waals surface area contributed by atoms with E-state index < -0.39 is 17.4 Å². The third-order valence-corrected chi connectivity index (χ3v) is 4.89. The van der Waals surface area contributed by atoms with Crippen molar-refractivity contribution in [3.05, 3.63) is 56.9 Å². The molecule has 0 aliphatic carbocycles. The van der Waals surface area contributed by atoms with Gasteiger partial charge in [0.15, 0.2) is 5.69 Å². The number of alkyl halides is 3. The fourth-order valence-corrected chi connectivity index (χ4v) is 3.22. The van der Waals surface area contributed by atoms with Crippen molar-refractivity contribution >= 4 is 0 Å². The number of piperidine rings is 1. The summed E-state index contributed by atoms with van der Waals surface area (Å²) in [5.74, 6) is 0.193. The Balaban J connectivity index is 1.58. The highest BCUT2D eigenvalue weighted by Crippen LogP contribution is 2.26. The molecule has 10 heteroatoms. The van der Waals surface area contributed by atoms with Gasteiger partial charge in [-0.3, -0.25) is 18.8 Å². The number of nitrogens with zero attached hydrogens (tertiary/aromatic N) is 5. The Hall–Kier alpha value is -2.49. The number of aromatic nitrogens is 4. The summed E-state index contributed by atoms with van der Waals surface area (Å²) in [7, 11) is 1.68. The van der Waals surface area contributed by atoms with Crippen molar-refractivity contribution in [3.63, 3.8) is 0 Å². The maximum absolute atomic E-state index is 12.6. The topological polar surface area (TPSA) is 73.0 Å². The molecule has 0 atom stereocenters.